The molecule has 5 heteroatoms. The molecule has 0 radical (unpaired) electrons. The first-order chi connectivity index (χ1) is 10.2. The molecule has 0 aliphatic carbocycles. The van der Waals surface area contributed by atoms with Crippen LogP contribution in [0.3, 0.4) is 0 Å². The number of ether oxygens (including phenoxy) is 1. The van der Waals surface area contributed by atoms with Crippen LogP contribution in [0.4, 0.5) is 4.39 Å². The van der Waals surface area contributed by atoms with Gasteiger partial charge >= 0.3 is 0 Å². The molecular weight excluding hydrogens is 271 g/mol. The van der Waals surface area contributed by atoms with E-state index in [0.29, 0.717) is 18.7 Å². The number of halogens is 1. The summed E-state index contributed by atoms with van der Waals surface area (Å²) in [5.74, 6) is -0.287. The molecule has 2 heterocycles. The third-order valence-corrected chi connectivity index (χ3v) is 4.52. The van der Waals surface area contributed by atoms with Gasteiger partial charge in [0.05, 0.1) is 12.1 Å². The Bertz CT molecular complexity index is 513. The Labute approximate surface area is 124 Å². The molecule has 2 aliphatic rings. The number of hydrogen-bond acceptors (Lipinski definition) is 3. The zero-order valence-electron chi connectivity index (χ0n) is 12.1. The highest BCUT2D eigenvalue weighted by molar-refractivity contribution is 5.79. The van der Waals surface area contributed by atoms with Gasteiger partial charge in [-0.15, -0.1) is 0 Å². The summed E-state index contributed by atoms with van der Waals surface area (Å²) in [6.45, 7) is 2.81. The number of amides is 1. The summed E-state index contributed by atoms with van der Waals surface area (Å²) in [7, 11) is 0. The number of nitrogens with zero attached hydrogens (tertiary/aromatic N) is 1. The molecule has 2 saturated heterocycles. The number of rotatable bonds is 2. The van der Waals surface area contributed by atoms with E-state index in [0.717, 1.165) is 32.4 Å². The van der Waals surface area contributed by atoms with Crippen LogP contribution < -0.4 is 5.32 Å². The van der Waals surface area contributed by atoms with Gasteiger partial charge < -0.3 is 15.0 Å². The average molecular weight is 292 g/mol. The molecule has 114 valence electrons. The van der Waals surface area contributed by atoms with Gasteiger partial charge in [-0.25, -0.2) is 4.39 Å². The summed E-state index contributed by atoms with van der Waals surface area (Å²) in [5.41, 5.74) is 0.283. The van der Waals surface area contributed by atoms with Crippen LogP contribution >= 0.6 is 0 Å². The van der Waals surface area contributed by atoms with E-state index in [2.05, 4.69) is 5.32 Å². The second-order valence-corrected chi connectivity index (χ2v) is 5.89. The molecule has 1 aromatic carbocycles. The first-order valence-electron chi connectivity index (χ1n) is 7.54. The van der Waals surface area contributed by atoms with Crippen molar-refractivity contribution in [3.8, 4) is 0 Å². The molecule has 21 heavy (non-hydrogen) atoms. The van der Waals surface area contributed by atoms with Crippen molar-refractivity contribution >= 4 is 5.91 Å². The summed E-state index contributed by atoms with van der Waals surface area (Å²) in [4.78, 5) is 14.2. The summed E-state index contributed by atoms with van der Waals surface area (Å²) in [5, 5.41) is 3.36. The Morgan fingerprint density at radius 3 is 3.00 bits per heavy atom. The minimum atomic E-state index is -0.291. The summed E-state index contributed by atoms with van der Waals surface area (Å²) in [6, 6.07) is 6.68. The van der Waals surface area contributed by atoms with E-state index in [1.807, 2.05) is 11.0 Å². The average Bonchev–Trinajstić information content (AvgIpc) is 2.71. The van der Waals surface area contributed by atoms with E-state index in [1.54, 1.807) is 12.1 Å². The quantitative estimate of drug-likeness (QED) is 0.902. The standard InChI is InChI=1S/C16H21FN2O2/c17-14-5-2-1-4-13(14)10-19-15(20)11-21-12-16(19)6-3-8-18-9-7-16/h1-2,4-5,18H,3,6-12H2. The fraction of sp³-hybridized carbons (Fsp3) is 0.562. The Morgan fingerprint density at radius 1 is 1.29 bits per heavy atom. The molecule has 0 aromatic heterocycles. The minimum absolute atomic E-state index is 0.0357. The smallest absolute Gasteiger partial charge is 0.249 e. The van der Waals surface area contributed by atoms with E-state index in [1.165, 1.54) is 6.07 Å². The Hall–Kier alpha value is -1.46. The van der Waals surface area contributed by atoms with Gasteiger partial charge in [0, 0.05) is 12.1 Å². The molecule has 1 amide bonds. The molecule has 1 aromatic rings. The molecule has 0 saturated carbocycles. The molecule has 3 rings (SSSR count). The summed E-state index contributed by atoms with van der Waals surface area (Å²) >= 11 is 0. The zero-order valence-corrected chi connectivity index (χ0v) is 12.1. The topological polar surface area (TPSA) is 41.6 Å². The lowest BCUT2D eigenvalue weighted by Gasteiger charge is -2.46. The molecular formula is C16H21FN2O2. The van der Waals surface area contributed by atoms with Gasteiger partial charge in [0.25, 0.3) is 0 Å². The molecule has 1 unspecified atom stereocenters. The van der Waals surface area contributed by atoms with Crippen molar-refractivity contribution in [2.45, 2.75) is 31.3 Å². The van der Waals surface area contributed by atoms with Crippen LogP contribution in [0.2, 0.25) is 0 Å². The highest BCUT2D eigenvalue weighted by Gasteiger charge is 2.43. The maximum atomic E-state index is 13.9. The number of hydrogen-bond donors (Lipinski definition) is 1. The van der Waals surface area contributed by atoms with Crippen LogP contribution in [-0.4, -0.2) is 42.6 Å². The molecule has 2 fully saturated rings. The maximum absolute atomic E-state index is 13.9. The predicted molar refractivity (Wildman–Crippen MR) is 77.2 cm³/mol. The lowest BCUT2D eigenvalue weighted by atomic mass is 9.87. The molecule has 4 nitrogen and oxygen atoms in total. The minimum Gasteiger partial charge on any atom is -0.369 e. The van der Waals surface area contributed by atoms with Crippen molar-refractivity contribution in [3.63, 3.8) is 0 Å². The highest BCUT2D eigenvalue weighted by atomic mass is 19.1. The van der Waals surface area contributed by atoms with Crippen LogP contribution in [0.5, 0.6) is 0 Å². The lowest BCUT2D eigenvalue weighted by molar-refractivity contribution is -0.160. The third-order valence-electron chi connectivity index (χ3n) is 4.52. The third kappa shape index (κ3) is 2.94. The van der Waals surface area contributed by atoms with Crippen LogP contribution in [0.1, 0.15) is 24.8 Å². The Morgan fingerprint density at radius 2 is 2.14 bits per heavy atom. The second-order valence-electron chi connectivity index (χ2n) is 5.89. The fourth-order valence-electron chi connectivity index (χ4n) is 3.33. The summed E-state index contributed by atoms with van der Waals surface area (Å²) < 4.78 is 19.4. The number of benzene rings is 1. The van der Waals surface area contributed by atoms with E-state index < -0.39 is 0 Å². The maximum Gasteiger partial charge on any atom is 0.249 e. The van der Waals surface area contributed by atoms with Gasteiger partial charge in [-0.1, -0.05) is 18.2 Å². The fourth-order valence-corrected chi connectivity index (χ4v) is 3.33. The molecule has 2 aliphatic heterocycles. The monoisotopic (exact) mass is 292 g/mol. The number of carbonyl (C=O) groups excluding carboxylic acids is 1. The predicted octanol–water partition coefficient (Wildman–Crippen LogP) is 1.70. The molecule has 1 spiro atoms. The number of nitrogens with one attached hydrogen (secondary N) is 1. The van der Waals surface area contributed by atoms with Crippen LogP contribution in [0.25, 0.3) is 0 Å². The van der Waals surface area contributed by atoms with Gasteiger partial charge in [-0.3, -0.25) is 4.79 Å². The Kier molecular flexibility index (Phi) is 4.22. The van der Waals surface area contributed by atoms with Crippen molar-refractivity contribution in [2.75, 3.05) is 26.3 Å². The number of morpholine rings is 1. The lowest BCUT2D eigenvalue weighted by Crippen LogP contribution is -2.59. The first-order valence-corrected chi connectivity index (χ1v) is 7.54. The molecule has 0 bridgehead atoms. The van der Waals surface area contributed by atoms with Crippen LogP contribution in [0, 0.1) is 5.82 Å². The number of carbonyl (C=O) groups is 1. The summed E-state index contributed by atoms with van der Waals surface area (Å²) in [6.07, 6.45) is 2.76. The Balaban J connectivity index is 1.87. The van der Waals surface area contributed by atoms with Gasteiger partial charge in [0.2, 0.25) is 5.91 Å². The highest BCUT2D eigenvalue weighted by Crippen LogP contribution is 2.32. The van der Waals surface area contributed by atoms with Crippen LogP contribution in [0.15, 0.2) is 24.3 Å². The van der Waals surface area contributed by atoms with E-state index >= 15 is 0 Å². The van der Waals surface area contributed by atoms with E-state index in [-0.39, 0.29) is 23.9 Å². The van der Waals surface area contributed by atoms with Gasteiger partial charge in [-0.2, -0.15) is 0 Å². The van der Waals surface area contributed by atoms with Crippen molar-refractivity contribution in [1.29, 1.82) is 0 Å². The second kappa shape index (κ2) is 6.12. The van der Waals surface area contributed by atoms with Gasteiger partial charge in [0.15, 0.2) is 0 Å². The van der Waals surface area contributed by atoms with Crippen molar-refractivity contribution in [3.05, 3.63) is 35.6 Å². The molecule has 1 N–H and O–H groups in total. The SMILES string of the molecule is O=C1COCC2(CCCNCC2)N1Cc1ccccc1F. The normalized spacial score (nSPS) is 26.9. The van der Waals surface area contributed by atoms with Crippen molar-refractivity contribution < 1.29 is 13.9 Å². The largest absolute Gasteiger partial charge is 0.369 e. The van der Waals surface area contributed by atoms with Gasteiger partial charge in [-0.05, 0) is 38.4 Å². The van der Waals surface area contributed by atoms with Gasteiger partial charge in [0.1, 0.15) is 12.4 Å². The zero-order chi connectivity index (χ0) is 14.7. The first kappa shape index (κ1) is 14.5. The van der Waals surface area contributed by atoms with Crippen LogP contribution in [-0.2, 0) is 16.1 Å². The van der Waals surface area contributed by atoms with E-state index in [9.17, 15) is 9.18 Å². The van der Waals surface area contributed by atoms with E-state index in [4.69, 9.17) is 4.74 Å². The van der Waals surface area contributed by atoms with Crippen molar-refractivity contribution in [1.82, 2.24) is 10.2 Å². The molecule has 1 atom stereocenters. The van der Waals surface area contributed by atoms with Crippen molar-refractivity contribution in [2.24, 2.45) is 0 Å².